The number of rotatable bonds is 3. The van der Waals surface area contributed by atoms with Gasteiger partial charge in [0.1, 0.15) is 11.6 Å². The van der Waals surface area contributed by atoms with Crippen molar-refractivity contribution in [1.82, 2.24) is 5.32 Å². The molecule has 3 nitrogen and oxygen atoms in total. The molecule has 0 aliphatic rings. The summed E-state index contributed by atoms with van der Waals surface area (Å²) in [6, 6.07) is 1.64. The van der Waals surface area contributed by atoms with Gasteiger partial charge in [0.15, 0.2) is 0 Å². The van der Waals surface area contributed by atoms with Crippen LogP contribution in [0.2, 0.25) is 0 Å². The van der Waals surface area contributed by atoms with Crippen LogP contribution in [0.3, 0.4) is 0 Å². The van der Waals surface area contributed by atoms with E-state index in [1.54, 1.807) is 6.92 Å². The van der Waals surface area contributed by atoms with E-state index in [9.17, 15) is 13.6 Å². The van der Waals surface area contributed by atoms with Crippen molar-refractivity contribution in [3.63, 3.8) is 0 Å². The van der Waals surface area contributed by atoms with E-state index in [0.717, 1.165) is 0 Å². The van der Waals surface area contributed by atoms with E-state index < -0.39 is 17.5 Å². The zero-order chi connectivity index (χ0) is 12.3. The highest BCUT2D eigenvalue weighted by atomic mass is 19.1. The van der Waals surface area contributed by atoms with E-state index in [1.165, 1.54) is 13.0 Å². The molecular formula is C11H14F2N2O. The monoisotopic (exact) mass is 228 g/mol. The van der Waals surface area contributed by atoms with Crippen molar-refractivity contribution >= 4 is 5.91 Å². The highest BCUT2D eigenvalue weighted by molar-refractivity contribution is 5.94. The lowest BCUT2D eigenvalue weighted by Gasteiger charge is -2.12. The number of carbonyl (C=O) groups is 1. The Balaban J connectivity index is 2.96. The van der Waals surface area contributed by atoms with Crippen molar-refractivity contribution < 1.29 is 13.6 Å². The quantitative estimate of drug-likeness (QED) is 0.820. The zero-order valence-electron chi connectivity index (χ0n) is 9.18. The van der Waals surface area contributed by atoms with Gasteiger partial charge in [0.2, 0.25) is 0 Å². The summed E-state index contributed by atoms with van der Waals surface area (Å²) in [5.74, 6) is -2.12. The second-order valence-electron chi connectivity index (χ2n) is 3.69. The minimum atomic E-state index is -0.871. The van der Waals surface area contributed by atoms with Crippen LogP contribution < -0.4 is 11.1 Å². The molecule has 5 heteroatoms. The van der Waals surface area contributed by atoms with Crippen molar-refractivity contribution in [2.24, 2.45) is 5.73 Å². The molecule has 0 spiro atoms. The van der Waals surface area contributed by atoms with Gasteiger partial charge < -0.3 is 11.1 Å². The lowest BCUT2D eigenvalue weighted by atomic mass is 10.1. The number of nitrogens with one attached hydrogen (secondary N) is 1. The van der Waals surface area contributed by atoms with Crippen LogP contribution in [0.4, 0.5) is 8.78 Å². The number of amides is 1. The minimum absolute atomic E-state index is 0.167. The maximum atomic E-state index is 13.3. The largest absolute Gasteiger partial charge is 0.348 e. The molecule has 1 rings (SSSR count). The maximum Gasteiger partial charge on any atom is 0.254 e. The number of hydrogen-bond donors (Lipinski definition) is 2. The van der Waals surface area contributed by atoms with Crippen molar-refractivity contribution in [1.29, 1.82) is 0 Å². The molecular weight excluding hydrogens is 214 g/mol. The first kappa shape index (κ1) is 12.6. The van der Waals surface area contributed by atoms with Gasteiger partial charge in [0.05, 0.1) is 5.56 Å². The summed E-state index contributed by atoms with van der Waals surface area (Å²) in [5, 5.41) is 2.51. The standard InChI is InChI=1S/C11H14F2N2O/c1-6-3-8(10(13)4-9(6)12)11(16)15-7(2)5-14/h3-4,7H,5,14H2,1-2H3,(H,15,16)/t7-/m0/s1. The Labute approximate surface area is 92.6 Å². The summed E-state index contributed by atoms with van der Waals surface area (Å²) in [6.07, 6.45) is 0. The van der Waals surface area contributed by atoms with Gasteiger partial charge in [0.25, 0.3) is 5.91 Å². The first-order chi connectivity index (χ1) is 7.45. The lowest BCUT2D eigenvalue weighted by molar-refractivity contribution is 0.0937. The van der Waals surface area contributed by atoms with Crippen molar-refractivity contribution in [3.8, 4) is 0 Å². The van der Waals surface area contributed by atoms with E-state index in [1.807, 2.05) is 0 Å². The van der Waals surface area contributed by atoms with Gasteiger partial charge in [-0.2, -0.15) is 0 Å². The fourth-order valence-electron chi connectivity index (χ4n) is 1.19. The SMILES string of the molecule is Cc1cc(C(=O)N[C@@H](C)CN)c(F)cc1F. The van der Waals surface area contributed by atoms with Crippen molar-refractivity contribution in [3.05, 3.63) is 34.9 Å². The van der Waals surface area contributed by atoms with Crippen LogP contribution >= 0.6 is 0 Å². The Hall–Kier alpha value is -1.49. The third-order valence-electron chi connectivity index (χ3n) is 2.22. The van der Waals surface area contributed by atoms with Crippen LogP contribution in [0, 0.1) is 18.6 Å². The van der Waals surface area contributed by atoms with E-state index >= 15 is 0 Å². The first-order valence-electron chi connectivity index (χ1n) is 4.92. The summed E-state index contributed by atoms with van der Waals surface area (Å²) in [5.41, 5.74) is 5.38. The Morgan fingerprint density at radius 2 is 2.06 bits per heavy atom. The van der Waals surface area contributed by atoms with Gasteiger partial charge in [-0.15, -0.1) is 0 Å². The fraction of sp³-hybridized carbons (Fsp3) is 0.364. The molecule has 1 atom stereocenters. The average Bonchev–Trinajstić information content (AvgIpc) is 2.23. The van der Waals surface area contributed by atoms with Gasteiger partial charge in [-0.3, -0.25) is 4.79 Å². The first-order valence-corrected chi connectivity index (χ1v) is 4.92. The van der Waals surface area contributed by atoms with E-state index in [-0.39, 0.29) is 23.7 Å². The molecule has 0 heterocycles. The number of nitrogens with two attached hydrogens (primary N) is 1. The number of hydrogen-bond acceptors (Lipinski definition) is 2. The van der Waals surface area contributed by atoms with Crippen LogP contribution in [0.1, 0.15) is 22.8 Å². The molecule has 0 unspecified atom stereocenters. The summed E-state index contributed by atoms with van der Waals surface area (Å²) < 4.78 is 26.3. The second-order valence-corrected chi connectivity index (χ2v) is 3.69. The third kappa shape index (κ3) is 2.76. The molecule has 0 bridgehead atoms. The summed E-state index contributed by atoms with van der Waals surface area (Å²) >= 11 is 0. The predicted octanol–water partition coefficient (Wildman–Crippen LogP) is 1.35. The average molecular weight is 228 g/mol. The van der Waals surface area contributed by atoms with Gasteiger partial charge in [-0.05, 0) is 25.5 Å². The molecule has 1 aromatic rings. The van der Waals surface area contributed by atoms with Crippen LogP contribution in [0.25, 0.3) is 0 Å². The number of benzene rings is 1. The van der Waals surface area contributed by atoms with E-state index in [4.69, 9.17) is 5.73 Å². The molecule has 0 aliphatic carbocycles. The number of carbonyl (C=O) groups excluding carboxylic acids is 1. The smallest absolute Gasteiger partial charge is 0.254 e. The van der Waals surface area contributed by atoms with Crippen LogP contribution in [-0.2, 0) is 0 Å². The molecule has 1 amide bonds. The maximum absolute atomic E-state index is 13.3. The van der Waals surface area contributed by atoms with Crippen LogP contribution in [0.15, 0.2) is 12.1 Å². The van der Waals surface area contributed by atoms with Gasteiger partial charge in [0, 0.05) is 18.7 Å². The molecule has 0 saturated carbocycles. The zero-order valence-corrected chi connectivity index (χ0v) is 9.18. The lowest BCUT2D eigenvalue weighted by Crippen LogP contribution is -2.38. The Bertz CT molecular complexity index is 407. The highest BCUT2D eigenvalue weighted by Crippen LogP contribution is 2.14. The molecule has 0 radical (unpaired) electrons. The molecule has 0 fully saturated rings. The molecule has 16 heavy (non-hydrogen) atoms. The molecule has 3 N–H and O–H groups in total. The summed E-state index contributed by atoms with van der Waals surface area (Å²) in [4.78, 5) is 11.6. The normalized spacial score (nSPS) is 12.3. The molecule has 88 valence electrons. The molecule has 0 aliphatic heterocycles. The Kier molecular flexibility index (Phi) is 3.95. The fourth-order valence-corrected chi connectivity index (χ4v) is 1.19. The number of aryl methyl sites for hydroxylation is 1. The van der Waals surface area contributed by atoms with Gasteiger partial charge in [-0.25, -0.2) is 8.78 Å². The number of halogens is 2. The Morgan fingerprint density at radius 3 is 2.62 bits per heavy atom. The van der Waals surface area contributed by atoms with E-state index in [0.29, 0.717) is 6.07 Å². The van der Waals surface area contributed by atoms with Crippen LogP contribution in [0.5, 0.6) is 0 Å². The predicted molar refractivity (Wildman–Crippen MR) is 57.1 cm³/mol. The summed E-state index contributed by atoms with van der Waals surface area (Å²) in [6.45, 7) is 3.43. The second kappa shape index (κ2) is 5.03. The minimum Gasteiger partial charge on any atom is -0.348 e. The molecule has 0 aromatic heterocycles. The van der Waals surface area contributed by atoms with Gasteiger partial charge in [-0.1, -0.05) is 0 Å². The van der Waals surface area contributed by atoms with Crippen molar-refractivity contribution in [2.45, 2.75) is 19.9 Å². The molecule has 0 saturated heterocycles. The van der Waals surface area contributed by atoms with E-state index in [2.05, 4.69) is 5.32 Å². The van der Waals surface area contributed by atoms with Crippen molar-refractivity contribution in [2.75, 3.05) is 6.54 Å². The topological polar surface area (TPSA) is 55.1 Å². The van der Waals surface area contributed by atoms with Gasteiger partial charge >= 0.3 is 0 Å². The van der Waals surface area contributed by atoms with Crippen LogP contribution in [-0.4, -0.2) is 18.5 Å². The highest BCUT2D eigenvalue weighted by Gasteiger charge is 2.15. The summed E-state index contributed by atoms with van der Waals surface area (Å²) in [7, 11) is 0. The third-order valence-corrected chi connectivity index (χ3v) is 2.22. The Morgan fingerprint density at radius 1 is 1.44 bits per heavy atom. The molecule has 1 aromatic carbocycles.